The van der Waals surface area contributed by atoms with Gasteiger partial charge in [0.05, 0.1) is 0 Å². The first kappa shape index (κ1) is 25.1. The van der Waals surface area contributed by atoms with Crippen molar-refractivity contribution in [3.8, 4) is 11.1 Å². The van der Waals surface area contributed by atoms with Gasteiger partial charge < -0.3 is 9.38 Å². The lowest BCUT2D eigenvalue weighted by Crippen LogP contribution is -2.56. The molecule has 0 spiro atoms. The number of fused-ring (bicyclic) bond motifs is 9. The molecule has 0 amide bonds. The summed E-state index contributed by atoms with van der Waals surface area (Å²) in [5, 5.41) is 7.78. The predicted octanol–water partition coefficient (Wildman–Crippen LogP) is 9.82. The number of nitrogens with zero attached hydrogens (tertiary/aromatic N) is 2. The second-order valence-electron chi connectivity index (χ2n) is 13.8. The van der Waals surface area contributed by atoms with Crippen LogP contribution in [0.15, 0.2) is 133 Å². The third-order valence-electron chi connectivity index (χ3n) is 10.2. The average molecular weight is 575 g/mol. The molecule has 2 aliphatic rings. The molecule has 1 aromatic heterocycles. The smallest absolute Gasteiger partial charge is 0.333 e. The van der Waals surface area contributed by atoms with Gasteiger partial charge in [0, 0.05) is 44.4 Å². The van der Waals surface area contributed by atoms with Crippen LogP contribution in [-0.2, 0) is 5.41 Å². The standard InChI is InChI=1S/C42H31BN2/c1-42(2,3)30-20-19-26-21-29-25-39-36(24-28(29)22-27(26)23-30)43-40-33(14-10-18-38(40)44(39)31-11-5-4-6-12-31)35-16-9-15-34-32-13-7-8-17-37(32)45(43)41(34)35/h4-25H,1-3H3. The third-order valence-corrected chi connectivity index (χ3v) is 10.2. The topological polar surface area (TPSA) is 8.17 Å². The van der Waals surface area contributed by atoms with Crippen molar-refractivity contribution in [1.82, 2.24) is 4.48 Å². The van der Waals surface area contributed by atoms with Gasteiger partial charge in [-0.2, -0.15) is 0 Å². The van der Waals surface area contributed by atoms with Gasteiger partial charge in [0.2, 0.25) is 0 Å². The van der Waals surface area contributed by atoms with Crippen LogP contribution in [0.2, 0.25) is 0 Å². The molecule has 3 heteroatoms. The lowest BCUT2D eigenvalue weighted by Gasteiger charge is -2.40. The summed E-state index contributed by atoms with van der Waals surface area (Å²) in [4.78, 5) is 2.49. The second-order valence-corrected chi connectivity index (χ2v) is 13.8. The number of hydrogen-bond acceptors (Lipinski definition) is 1. The van der Waals surface area contributed by atoms with E-state index in [2.05, 4.69) is 164 Å². The minimum atomic E-state index is 0.0597. The molecule has 2 aliphatic heterocycles. The number of aromatic nitrogens is 1. The zero-order chi connectivity index (χ0) is 30.0. The van der Waals surface area contributed by atoms with Gasteiger partial charge in [-0.25, -0.2) is 0 Å². The fourth-order valence-corrected chi connectivity index (χ4v) is 8.15. The molecule has 0 unspecified atom stereocenters. The molecule has 212 valence electrons. The monoisotopic (exact) mass is 574 g/mol. The fraction of sp³-hybridized carbons (Fsp3) is 0.0952. The van der Waals surface area contributed by atoms with Gasteiger partial charge in [-0.15, -0.1) is 0 Å². The van der Waals surface area contributed by atoms with Crippen molar-refractivity contribution in [2.24, 2.45) is 0 Å². The van der Waals surface area contributed by atoms with Crippen molar-refractivity contribution >= 4 is 78.2 Å². The summed E-state index contributed by atoms with van der Waals surface area (Å²) in [6.07, 6.45) is 0. The van der Waals surface area contributed by atoms with E-state index in [0.29, 0.717) is 0 Å². The summed E-state index contributed by atoms with van der Waals surface area (Å²) < 4.78 is 2.64. The highest BCUT2D eigenvalue weighted by Crippen LogP contribution is 2.45. The van der Waals surface area contributed by atoms with E-state index < -0.39 is 0 Å². The Balaban J connectivity index is 1.35. The number of para-hydroxylation sites is 3. The molecule has 0 atom stereocenters. The molecule has 7 aromatic carbocycles. The molecule has 0 aliphatic carbocycles. The van der Waals surface area contributed by atoms with E-state index in [4.69, 9.17) is 0 Å². The fourth-order valence-electron chi connectivity index (χ4n) is 8.15. The van der Waals surface area contributed by atoms with Crippen LogP contribution in [0.25, 0.3) is 54.5 Å². The number of benzene rings is 7. The molecule has 0 radical (unpaired) electrons. The van der Waals surface area contributed by atoms with Crippen molar-refractivity contribution < 1.29 is 0 Å². The predicted molar refractivity (Wildman–Crippen MR) is 194 cm³/mol. The second kappa shape index (κ2) is 8.67. The Morgan fingerprint density at radius 1 is 0.533 bits per heavy atom. The molecule has 2 nitrogen and oxygen atoms in total. The summed E-state index contributed by atoms with van der Waals surface area (Å²) in [6.45, 7) is 6.94. The first-order valence-electron chi connectivity index (χ1n) is 16.0. The molecule has 0 fully saturated rings. The van der Waals surface area contributed by atoms with Crippen LogP contribution in [0, 0.1) is 0 Å². The Hall–Kier alpha value is -5.28. The zero-order valence-electron chi connectivity index (χ0n) is 25.7. The summed E-state index contributed by atoms with van der Waals surface area (Å²) in [7, 11) is 0. The van der Waals surface area contributed by atoms with E-state index in [0.717, 1.165) is 0 Å². The van der Waals surface area contributed by atoms with Crippen molar-refractivity contribution in [1.29, 1.82) is 0 Å². The van der Waals surface area contributed by atoms with Gasteiger partial charge in [0.25, 0.3) is 0 Å². The Bertz CT molecular complexity index is 2530. The van der Waals surface area contributed by atoms with Crippen molar-refractivity contribution in [3.63, 3.8) is 0 Å². The molecule has 45 heavy (non-hydrogen) atoms. The first-order valence-corrected chi connectivity index (χ1v) is 16.0. The maximum Gasteiger partial charge on any atom is 0.333 e. The maximum atomic E-state index is 2.64. The summed E-state index contributed by atoms with van der Waals surface area (Å²) in [6, 6.07) is 50.3. The lowest BCUT2D eigenvalue weighted by atomic mass is 9.45. The summed E-state index contributed by atoms with van der Waals surface area (Å²) in [5.41, 5.74) is 13.2. The molecule has 0 bridgehead atoms. The van der Waals surface area contributed by atoms with Crippen LogP contribution in [0.3, 0.4) is 0 Å². The largest absolute Gasteiger partial charge is 0.375 e. The Kier molecular flexibility index (Phi) is 4.83. The number of hydrogen-bond donors (Lipinski definition) is 0. The van der Waals surface area contributed by atoms with Crippen LogP contribution in [0.5, 0.6) is 0 Å². The Morgan fingerprint density at radius 3 is 2.11 bits per heavy atom. The van der Waals surface area contributed by atoms with Gasteiger partial charge >= 0.3 is 6.85 Å². The van der Waals surface area contributed by atoms with Crippen LogP contribution in [0.4, 0.5) is 17.1 Å². The minimum Gasteiger partial charge on any atom is -0.375 e. The number of anilines is 3. The van der Waals surface area contributed by atoms with E-state index in [1.54, 1.807) is 0 Å². The lowest BCUT2D eigenvalue weighted by molar-refractivity contribution is 0.591. The van der Waals surface area contributed by atoms with E-state index in [1.807, 2.05) is 0 Å². The van der Waals surface area contributed by atoms with Crippen LogP contribution >= 0.6 is 0 Å². The third kappa shape index (κ3) is 3.36. The van der Waals surface area contributed by atoms with Gasteiger partial charge in [-0.05, 0) is 91.5 Å². The van der Waals surface area contributed by atoms with Crippen LogP contribution in [0.1, 0.15) is 26.3 Å². The highest BCUT2D eigenvalue weighted by Gasteiger charge is 2.42. The molecule has 0 saturated carbocycles. The molecule has 8 aromatic rings. The van der Waals surface area contributed by atoms with Gasteiger partial charge in [0.1, 0.15) is 0 Å². The van der Waals surface area contributed by atoms with E-state index in [1.165, 1.54) is 88.0 Å². The summed E-state index contributed by atoms with van der Waals surface area (Å²) >= 11 is 0. The molecule has 0 N–H and O–H groups in total. The molecule has 10 rings (SSSR count). The van der Waals surface area contributed by atoms with Gasteiger partial charge in [0.15, 0.2) is 0 Å². The van der Waals surface area contributed by atoms with Crippen molar-refractivity contribution in [3.05, 3.63) is 139 Å². The molecule has 0 saturated heterocycles. The van der Waals surface area contributed by atoms with Gasteiger partial charge in [-0.1, -0.05) is 112 Å². The highest BCUT2D eigenvalue weighted by atomic mass is 15.2. The van der Waals surface area contributed by atoms with Gasteiger partial charge in [-0.3, -0.25) is 0 Å². The van der Waals surface area contributed by atoms with Crippen LogP contribution in [-0.4, -0.2) is 11.3 Å². The summed E-state index contributed by atoms with van der Waals surface area (Å²) in [5.74, 6) is 0. The van der Waals surface area contributed by atoms with Crippen LogP contribution < -0.4 is 15.8 Å². The van der Waals surface area contributed by atoms with E-state index in [9.17, 15) is 0 Å². The SMILES string of the molecule is CC(C)(C)c1ccc2cc3cc4c(cc3cc2c1)B1c2c(cccc2N4c2ccccc2)-c2cccc3c4ccccc4n1c23. The van der Waals surface area contributed by atoms with E-state index in [-0.39, 0.29) is 12.3 Å². The highest BCUT2D eigenvalue weighted by molar-refractivity contribution is 6.90. The van der Waals surface area contributed by atoms with E-state index >= 15 is 0 Å². The van der Waals surface area contributed by atoms with Crippen molar-refractivity contribution in [2.45, 2.75) is 26.2 Å². The Morgan fingerprint density at radius 2 is 1.24 bits per heavy atom. The molecule has 3 heterocycles. The maximum absolute atomic E-state index is 2.64. The minimum absolute atomic E-state index is 0.0597. The molecular formula is C42H31BN2. The first-order chi connectivity index (χ1) is 22.0. The Labute approximate surface area is 263 Å². The normalized spacial score (nSPS) is 13.6. The average Bonchev–Trinajstić information content (AvgIpc) is 3.39. The zero-order valence-corrected chi connectivity index (χ0v) is 25.7. The number of rotatable bonds is 1. The van der Waals surface area contributed by atoms with Crippen molar-refractivity contribution in [2.75, 3.05) is 4.90 Å². The molecular weight excluding hydrogens is 543 g/mol. The quantitative estimate of drug-likeness (QED) is 0.140.